The number of tetrazole rings is 1. The Morgan fingerprint density at radius 2 is 1.62 bits per heavy atom. The summed E-state index contributed by atoms with van der Waals surface area (Å²) in [6.45, 7) is 4.71. The summed E-state index contributed by atoms with van der Waals surface area (Å²) in [5, 5.41) is 12.1. The molecule has 1 amide bonds. The Bertz CT molecular complexity index is 882. The molecule has 7 nitrogen and oxygen atoms in total. The van der Waals surface area contributed by atoms with Crippen molar-refractivity contribution in [1.82, 2.24) is 25.1 Å². The number of para-hydroxylation sites is 1. The predicted octanol–water partition coefficient (Wildman–Crippen LogP) is 1.93. The van der Waals surface area contributed by atoms with E-state index in [0.29, 0.717) is 32.1 Å². The van der Waals surface area contributed by atoms with E-state index in [0.717, 1.165) is 16.8 Å². The van der Waals surface area contributed by atoms with E-state index >= 15 is 0 Å². The minimum Gasteiger partial charge on any atom is -0.336 e. The van der Waals surface area contributed by atoms with E-state index in [2.05, 4.69) is 20.4 Å². The Morgan fingerprint density at radius 1 is 0.923 bits per heavy atom. The Hall–Kier alpha value is -3.22. The number of rotatable bonds is 3. The van der Waals surface area contributed by atoms with Crippen LogP contribution in [0.3, 0.4) is 0 Å². The molecule has 0 atom stereocenters. The van der Waals surface area contributed by atoms with Gasteiger partial charge in [-0.25, -0.2) is 0 Å². The van der Waals surface area contributed by atoms with Crippen LogP contribution in [-0.4, -0.2) is 57.2 Å². The van der Waals surface area contributed by atoms with E-state index in [9.17, 15) is 4.79 Å². The molecule has 0 radical (unpaired) electrons. The molecule has 1 saturated heterocycles. The van der Waals surface area contributed by atoms with Crippen LogP contribution in [0.1, 0.15) is 15.9 Å². The topological polar surface area (TPSA) is 67.2 Å². The van der Waals surface area contributed by atoms with Gasteiger partial charge in [0.25, 0.3) is 5.91 Å². The predicted molar refractivity (Wildman–Crippen MR) is 98.4 cm³/mol. The third-order valence-electron chi connectivity index (χ3n) is 4.60. The number of hydrogen-bond acceptors (Lipinski definition) is 5. The first-order chi connectivity index (χ1) is 12.7. The molecule has 0 N–H and O–H groups in total. The Labute approximate surface area is 151 Å². The number of anilines is 1. The number of aryl methyl sites for hydroxylation is 1. The lowest BCUT2D eigenvalue weighted by atomic mass is 10.1. The molecule has 2 heterocycles. The van der Waals surface area contributed by atoms with Gasteiger partial charge in [0, 0.05) is 31.7 Å². The first-order valence-corrected chi connectivity index (χ1v) is 8.67. The number of piperazine rings is 1. The molecular formula is C19H20N6O. The second kappa shape index (κ2) is 6.95. The standard InChI is InChI=1S/C19H20N6O/c1-15-7-9-16(10-8-15)18(26)23-11-13-24(14-12-23)19-20-21-22-25(19)17-5-3-2-4-6-17/h2-10H,11-14H2,1H3. The van der Waals surface area contributed by atoms with Gasteiger partial charge in [0.1, 0.15) is 0 Å². The van der Waals surface area contributed by atoms with Crippen molar-refractivity contribution in [2.45, 2.75) is 6.92 Å². The van der Waals surface area contributed by atoms with Gasteiger partial charge in [0.15, 0.2) is 0 Å². The lowest BCUT2D eigenvalue weighted by Crippen LogP contribution is -2.49. The van der Waals surface area contributed by atoms with Crippen molar-refractivity contribution >= 4 is 11.9 Å². The number of carbonyl (C=O) groups excluding carboxylic acids is 1. The zero-order valence-electron chi connectivity index (χ0n) is 14.6. The zero-order chi connectivity index (χ0) is 17.9. The molecule has 26 heavy (non-hydrogen) atoms. The van der Waals surface area contributed by atoms with Gasteiger partial charge in [0.2, 0.25) is 5.95 Å². The molecule has 3 aromatic rings. The van der Waals surface area contributed by atoms with Gasteiger partial charge in [-0.1, -0.05) is 41.0 Å². The largest absolute Gasteiger partial charge is 0.336 e. The van der Waals surface area contributed by atoms with Crippen molar-refractivity contribution in [3.63, 3.8) is 0 Å². The van der Waals surface area contributed by atoms with Gasteiger partial charge < -0.3 is 9.80 Å². The van der Waals surface area contributed by atoms with Crippen LogP contribution in [0.25, 0.3) is 5.69 Å². The number of aromatic nitrogens is 4. The maximum Gasteiger partial charge on any atom is 0.253 e. The fourth-order valence-corrected chi connectivity index (χ4v) is 3.10. The maximum atomic E-state index is 12.7. The van der Waals surface area contributed by atoms with Crippen LogP contribution in [0.4, 0.5) is 5.95 Å². The summed E-state index contributed by atoms with van der Waals surface area (Å²) in [6, 6.07) is 17.5. The number of carbonyl (C=O) groups is 1. The van der Waals surface area contributed by atoms with Gasteiger partial charge in [-0.2, -0.15) is 4.68 Å². The molecule has 7 heteroatoms. The quantitative estimate of drug-likeness (QED) is 0.724. The van der Waals surface area contributed by atoms with E-state index in [4.69, 9.17) is 0 Å². The normalized spacial score (nSPS) is 14.5. The van der Waals surface area contributed by atoms with Crippen molar-refractivity contribution in [1.29, 1.82) is 0 Å². The Balaban J connectivity index is 1.45. The van der Waals surface area contributed by atoms with Crippen molar-refractivity contribution in [3.05, 3.63) is 65.7 Å². The summed E-state index contributed by atoms with van der Waals surface area (Å²) in [7, 11) is 0. The second-order valence-electron chi connectivity index (χ2n) is 6.37. The SMILES string of the molecule is Cc1ccc(C(=O)N2CCN(c3nnnn3-c3ccccc3)CC2)cc1. The highest BCUT2D eigenvalue weighted by atomic mass is 16.2. The van der Waals surface area contributed by atoms with Crippen LogP contribution in [0, 0.1) is 6.92 Å². The van der Waals surface area contributed by atoms with Gasteiger partial charge >= 0.3 is 0 Å². The number of benzene rings is 2. The molecule has 0 aliphatic carbocycles. The van der Waals surface area contributed by atoms with Crippen molar-refractivity contribution in [2.24, 2.45) is 0 Å². The molecular weight excluding hydrogens is 328 g/mol. The lowest BCUT2D eigenvalue weighted by Gasteiger charge is -2.34. The highest BCUT2D eigenvalue weighted by Crippen LogP contribution is 2.18. The van der Waals surface area contributed by atoms with Crippen LogP contribution in [0.5, 0.6) is 0 Å². The fourth-order valence-electron chi connectivity index (χ4n) is 3.10. The van der Waals surface area contributed by atoms with Crippen LogP contribution in [0.2, 0.25) is 0 Å². The van der Waals surface area contributed by atoms with Gasteiger partial charge in [-0.3, -0.25) is 4.79 Å². The lowest BCUT2D eigenvalue weighted by molar-refractivity contribution is 0.0746. The van der Waals surface area contributed by atoms with Gasteiger partial charge in [-0.05, 0) is 41.6 Å². The first-order valence-electron chi connectivity index (χ1n) is 8.67. The summed E-state index contributed by atoms with van der Waals surface area (Å²) < 4.78 is 1.73. The van der Waals surface area contributed by atoms with Gasteiger partial charge in [-0.15, -0.1) is 0 Å². The number of amides is 1. The first kappa shape index (κ1) is 16.3. The monoisotopic (exact) mass is 348 g/mol. The Morgan fingerprint density at radius 3 is 2.31 bits per heavy atom. The smallest absolute Gasteiger partial charge is 0.253 e. The summed E-state index contributed by atoms with van der Waals surface area (Å²) in [6.07, 6.45) is 0. The minimum absolute atomic E-state index is 0.0762. The molecule has 1 aromatic heterocycles. The summed E-state index contributed by atoms with van der Waals surface area (Å²) in [4.78, 5) is 16.7. The summed E-state index contributed by atoms with van der Waals surface area (Å²) >= 11 is 0. The third kappa shape index (κ3) is 3.15. The molecule has 2 aromatic carbocycles. The second-order valence-corrected chi connectivity index (χ2v) is 6.37. The summed E-state index contributed by atoms with van der Waals surface area (Å²) in [5.74, 6) is 0.783. The third-order valence-corrected chi connectivity index (χ3v) is 4.60. The molecule has 1 fully saturated rings. The number of hydrogen-bond donors (Lipinski definition) is 0. The molecule has 0 saturated carbocycles. The van der Waals surface area contributed by atoms with Crippen molar-refractivity contribution in [3.8, 4) is 5.69 Å². The molecule has 0 spiro atoms. The molecule has 0 bridgehead atoms. The van der Waals surface area contributed by atoms with E-state index < -0.39 is 0 Å². The van der Waals surface area contributed by atoms with Crippen LogP contribution >= 0.6 is 0 Å². The molecule has 0 unspecified atom stereocenters. The highest BCUT2D eigenvalue weighted by molar-refractivity contribution is 5.94. The van der Waals surface area contributed by atoms with Gasteiger partial charge in [0.05, 0.1) is 5.69 Å². The highest BCUT2D eigenvalue weighted by Gasteiger charge is 2.25. The average Bonchev–Trinajstić information content (AvgIpc) is 3.19. The van der Waals surface area contributed by atoms with Crippen molar-refractivity contribution in [2.75, 3.05) is 31.1 Å². The minimum atomic E-state index is 0.0762. The molecule has 4 rings (SSSR count). The number of nitrogens with zero attached hydrogens (tertiary/aromatic N) is 6. The van der Waals surface area contributed by atoms with Crippen molar-refractivity contribution < 1.29 is 4.79 Å². The maximum absolute atomic E-state index is 12.7. The molecule has 132 valence electrons. The van der Waals surface area contributed by atoms with E-state index in [1.54, 1.807) is 4.68 Å². The van der Waals surface area contributed by atoms with E-state index in [1.165, 1.54) is 0 Å². The van der Waals surface area contributed by atoms with Crippen LogP contribution in [-0.2, 0) is 0 Å². The zero-order valence-corrected chi connectivity index (χ0v) is 14.6. The molecule has 1 aliphatic rings. The summed E-state index contributed by atoms with van der Waals surface area (Å²) in [5.41, 5.74) is 2.81. The average molecular weight is 348 g/mol. The Kier molecular flexibility index (Phi) is 4.35. The van der Waals surface area contributed by atoms with Crippen LogP contribution < -0.4 is 4.90 Å². The molecule has 1 aliphatic heterocycles. The van der Waals surface area contributed by atoms with E-state index in [-0.39, 0.29) is 5.91 Å². The fraction of sp³-hybridized carbons (Fsp3) is 0.263. The van der Waals surface area contributed by atoms with E-state index in [1.807, 2.05) is 66.4 Å². The van der Waals surface area contributed by atoms with Crippen LogP contribution in [0.15, 0.2) is 54.6 Å².